The summed E-state index contributed by atoms with van der Waals surface area (Å²) in [6, 6.07) is 1.67. The molecule has 0 spiro atoms. The highest BCUT2D eigenvalue weighted by molar-refractivity contribution is 9.11. The lowest BCUT2D eigenvalue weighted by Gasteiger charge is -1.98. The molecule has 1 aromatic rings. The highest BCUT2D eigenvalue weighted by atomic mass is 79.9. The van der Waals surface area contributed by atoms with Crippen LogP contribution in [0.1, 0.15) is 0 Å². The van der Waals surface area contributed by atoms with Crippen LogP contribution < -0.4 is 11.3 Å². The first-order valence-corrected chi connectivity index (χ1v) is 3.97. The Morgan fingerprint density at radius 2 is 2.10 bits per heavy atom. The van der Waals surface area contributed by atoms with Crippen molar-refractivity contribution in [3.8, 4) is 0 Å². The lowest BCUT2D eigenvalue weighted by Crippen LogP contribution is -2.08. The minimum absolute atomic E-state index is 0.495. The van der Waals surface area contributed by atoms with Gasteiger partial charge in [-0.25, -0.2) is 15.8 Å². The second-order valence-corrected chi connectivity index (χ2v) is 3.01. The van der Waals surface area contributed by atoms with Crippen LogP contribution in [0.15, 0.2) is 15.4 Å². The summed E-state index contributed by atoms with van der Waals surface area (Å²) in [6.45, 7) is 0. The second kappa shape index (κ2) is 3.27. The van der Waals surface area contributed by atoms with Gasteiger partial charge in [0, 0.05) is 6.07 Å². The molecule has 0 aromatic carbocycles. The van der Waals surface area contributed by atoms with Crippen LogP contribution in [0.4, 0.5) is 5.82 Å². The molecule has 4 nitrogen and oxygen atoms in total. The number of hydrogen-bond acceptors (Lipinski definition) is 4. The van der Waals surface area contributed by atoms with Crippen molar-refractivity contribution in [2.24, 2.45) is 5.84 Å². The van der Waals surface area contributed by atoms with Gasteiger partial charge in [0.2, 0.25) is 0 Å². The first kappa shape index (κ1) is 7.90. The third-order valence-corrected chi connectivity index (χ3v) is 1.58. The Hall–Kier alpha value is -0.200. The number of hydrazine groups is 1. The van der Waals surface area contributed by atoms with E-state index >= 15 is 0 Å². The van der Waals surface area contributed by atoms with Crippen molar-refractivity contribution in [2.75, 3.05) is 5.43 Å². The number of anilines is 1. The van der Waals surface area contributed by atoms with Crippen molar-refractivity contribution in [1.82, 2.24) is 9.97 Å². The average Bonchev–Trinajstić information content (AvgIpc) is 1.85. The van der Waals surface area contributed by atoms with Crippen LogP contribution in [-0.4, -0.2) is 9.97 Å². The molecule has 0 saturated carbocycles. The van der Waals surface area contributed by atoms with Crippen molar-refractivity contribution < 1.29 is 0 Å². The molecule has 0 saturated heterocycles. The molecular weight excluding hydrogens is 264 g/mol. The zero-order chi connectivity index (χ0) is 7.56. The van der Waals surface area contributed by atoms with Gasteiger partial charge in [-0.2, -0.15) is 0 Å². The maximum Gasteiger partial charge on any atom is 0.199 e. The lowest BCUT2D eigenvalue weighted by atomic mass is 10.6. The monoisotopic (exact) mass is 266 g/mol. The van der Waals surface area contributed by atoms with Gasteiger partial charge in [0.15, 0.2) is 4.73 Å². The second-order valence-electron chi connectivity index (χ2n) is 1.49. The molecule has 0 aliphatic rings. The number of nitrogens with two attached hydrogens (primary N) is 1. The van der Waals surface area contributed by atoms with E-state index in [4.69, 9.17) is 5.84 Å². The summed E-state index contributed by atoms with van der Waals surface area (Å²) in [6.07, 6.45) is 0. The third-order valence-electron chi connectivity index (χ3n) is 0.815. The number of nitrogens with zero attached hydrogens (tertiary/aromatic N) is 2. The number of halogens is 2. The van der Waals surface area contributed by atoms with Crippen molar-refractivity contribution in [3.05, 3.63) is 15.4 Å². The largest absolute Gasteiger partial charge is 0.308 e. The molecule has 0 unspecified atom stereocenters. The zero-order valence-electron chi connectivity index (χ0n) is 4.81. The molecule has 0 bridgehead atoms. The lowest BCUT2D eigenvalue weighted by molar-refractivity contribution is 1.07. The molecule has 0 aliphatic heterocycles. The van der Waals surface area contributed by atoms with Gasteiger partial charge in [0.05, 0.1) is 0 Å². The predicted molar refractivity (Wildman–Crippen MR) is 45.2 cm³/mol. The van der Waals surface area contributed by atoms with Crippen molar-refractivity contribution >= 4 is 37.7 Å². The Labute approximate surface area is 74.5 Å². The predicted octanol–water partition coefficient (Wildman–Crippen LogP) is 1.29. The van der Waals surface area contributed by atoms with Crippen molar-refractivity contribution in [1.29, 1.82) is 0 Å². The number of nitrogen functional groups attached to an aromatic ring is 1. The van der Waals surface area contributed by atoms with E-state index in [9.17, 15) is 0 Å². The first-order chi connectivity index (χ1) is 4.72. The number of aromatic nitrogens is 2. The van der Waals surface area contributed by atoms with Gasteiger partial charge in [0.1, 0.15) is 10.4 Å². The summed E-state index contributed by atoms with van der Waals surface area (Å²) >= 11 is 6.28. The SMILES string of the molecule is NNc1cc(Br)nc(Br)n1. The van der Waals surface area contributed by atoms with Gasteiger partial charge in [-0.3, -0.25) is 0 Å². The summed E-state index contributed by atoms with van der Waals surface area (Å²) in [4.78, 5) is 7.80. The van der Waals surface area contributed by atoms with Crippen molar-refractivity contribution in [3.63, 3.8) is 0 Å². The molecule has 0 radical (unpaired) electrons. The number of hydrogen-bond donors (Lipinski definition) is 2. The fraction of sp³-hybridized carbons (Fsp3) is 0. The van der Waals surface area contributed by atoms with Gasteiger partial charge in [-0.1, -0.05) is 0 Å². The summed E-state index contributed by atoms with van der Waals surface area (Å²) in [7, 11) is 0. The standard InChI is InChI=1S/C4H4Br2N4/c5-2-1-3(10-7)9-4(6)8-2/h1H,7H2,(H,8,9,10). The molecule has 0 aliphatic carbocycles. The Morgan fingerprint density at radius 1 is 1.40 bits per heavy atom. The van der Waals surface area contributed by atoms with Crippen LogP contribution in [0.5, 0.6) is 0 Å². The van der Waals surface area contributed by atoms with Crippen molar-refractivity contribution in [2.45, 2.75) is 0 Å². The van der Waals surface area contributed by atoms with Crippen LogP contribution in [0.25, 0.3) is 0 Å². The van der Waals surface area contributed by atoms with Gasteiger partial charge < -0.3 is 5.43 Å². The molecule has 0 fully saturated rings. The summed E-state index contributed by atoms with van der Waals surface area (Å²) < 4.78 is 1.18. The van der Waals surface area contributed by atoms with Gasteiger partial charge >= 0.3 is 0 Å². The van der Waals surface area contributed by atoms with E-state index in [1.165, 1.54) is 0 Å². The van der Waals surface area contributed by atoms with Gasteiger partial charge in [-0.05, 0) is 31.9 Å². The van der Waals surface area contributed by atoms with E-state index in [0.29, 0.717) is 15.2 Å². The number of rotatable bonds is 1. The van der Waals surface area contributed by atoms with E-state index in [1.807, 2.05) is 0 Å². The van der Waals surface area contributed by atoms with E-state index in [-0.39, 0.29) is 0 Å². The molecule has 0 amide bonds. The van der Waals surface area contributed by atoms with E-state index in [2.05, 4.69) is 47.3 Å². The zero-order valence-corrected chi connectivity index (χ0v) is 7.98. The quantitative estimate of drug-likeness (QED) is 0.348. The minimum atomic E-state index is 0.495. The summed E-state index contributed by atoms with van der Waals surface area (Å²) in [5, 5.41) is 0. The van der Waals surface area contributed by atoms with Crippen LogP contribution in [0.2, 0.25) is 0 Å². The molecule has 1 heterocycles. The van der Waals surface area contributed by atoms with Crippen LogP contribution in [0, 0.1) is 0 Å². The molecule has 6 heteroatoms. The Balaban J connectivity index is 3.06. The third kappa shape index (κ3) is 1.89. The van der Waals surface area contributed by atoms with Crippen LogP contribution in [0.3, 0.4) is 0 Å². The molecule has 3 N–H and O–H groups in total. The van der Waals surface area contributed by atoms with Crippen LogP contribution in [-0.2, 0) is 0 Å². The van der Waals surface area contributed by atoms with E-state index in [1.54, 1.807) is 6.07 Å². The topological polar surface area (TPSA) is 63.8 Å². The van der Waals surface area contributed by atoms with E-state index < -0.39 is 0 Å². The maximum absolute atomic E-state index is 5.11. The average molecular weight is 268 g/mol. The molecule has 54 valence electrons. The first-order valence-electron chi connectivity index (χ1n) is 2.39. The molecular formula is C4H4Br2N4. The van der Waals surface area contributed by atoms with Gasteiger partial charge in [-0.15, -0.1) is 0 Å². The van der Waals surface area contributed by atoms with Gasteiger partial charge in [0.25, 0.3) is 0 Å². The Kier molecular flexibility index (Phi) is 2.58. The molecule has 1 rings (SSSR count). The molecule has 0 atom stereocenters. The normalized spacial score (nSPS) is 9.50. The summed E-state index contributed by atoms with van der Waals surface area (Å²) in [5.74, 6) is 5.67. The molecule has 1 aromatic heterocycles. The fourth-order valence-corrected chi connectivity index (χ4v) is 1.47. The summed E-state index contributed by atoms with van der Waals surface area (Å²) in [5.41, 5.74) is 2.40. The smallest absolute Gasteiger partial charge is 0.199 e. The maximum atomic E-state index is 5.11. The highest BCUT2D eigenvalue weighted by Gasteiger charge is 1.96. The Bertz CT molecular complexity index is 218. The Morgan fingerprint density at radius 3 is 2.60 bits per heavy atom. The highest BCUT2D eigenvalue weighted by Crippen LogP contribution is 2.13. The fourth-order valence-electron chi connectivity index (χ4n) is 0.464. The van der Waals surface area contributed by atoms with E-state index in [0.717, 1.165) is 0 Å². The van der Waals surface area contributed by atoms with Crippen LogP contribution >= 0.6 is 31.9 Å². The minimum Gasteiger partial charge on any atom is -0.308 e. The molecule has 10 heavy (non-hydrogen) atoms. The number of nitrogens with one attached hydrogen (secondary N) is 1.